The average Bonchev–Trinajstić information content (AvgIpc) is 2.45. The lowest BCUT2D eigenvalue weighted by molar-refractivity contribution is -0.750. The Bertz CT molecular complexity index is 565. The van der Waals surface area contributed by atoms with Crippen LogP contribution >= 0.6 is 0 Å². The quantitative estimate of drug-likeness (QED) is 0.618. The molecule has 1 amide bonds. The summed E-state index contributed by atoms with van der Waals surface area (Å²) in [6, 6.07) is 1.62. The van der Waals surface area contributed by atoms with E-state index in [1.54, 1.807) is 12.3 Å². The van der Waals surface area contributed by atoms with Gasteiger partial charge in [0.15, 0.2) is 12.7 Å². The summed E-state index contributed by atoms with van der Waals surface area (Å²) in [4.78, 5) is 14.0. The summed E-state index contributed by atoms with van der Waals surface area (Å²) in [6.45, 7) is 1.60. The Kier molecular flexibility index (Phi) is 4.66. The molecule has 0 aromatic carbocycles. The van der Waals surface area contributed by atoms with Gasteiger partial charge < -0.3 is 4.90 Å². The molecule has 2 heterocycles. The van der Waals surface area contributed by atoms with E-state index in [1.165, 1.54) is 10.9 Å². The Balaban J connectivity index is 1.98. The normalized spacial score (nSPS) is 16.1. The molecule has 0 atom stereocenters. The first-order valence-electron chi connectivity index (χ1n) is 6.56. The van der Waals surface area contributed by atoms with Gasteiger partial charge >= 0.3 is 0 Å². The fourth-order valence-electron chi connectivity index (χ4n) is 2.13. The van der Waals surface area contributed by atoms with E-state index in [0.29, 0.717) is 5.56 Å². The van der Waals surface area contributed by atoms with E-state index in [2.05, 4.69) is 5.10 Å². The summed E-state index contributed by atoms with van der Waals surface area (Å²) in [7, 11) is -4.00. The summed E-state index contributed by atoms with van der Waals surface area (Å²) >= 11 is 0. The van der Waals surface area contributed by atoms with E-state index in [1.807, 2.05) is 4.90 Å². The van der Waals surface area contributed by atoms with Crippen molar-refractivity contribution in [3.05, 3.63) is 24.0 Å². The number of carbonyl (C=O) groups excluding carboxylic acids is 1. The maximum Gasteiger partial charge on any atom is 0.271 e. The molecule has 1 fully saturated rings. The lowest BCUT2D eigenvalue weighted by atomic mass is 10.1. The minimum atomic E-state index is -4.00. The second kappa shape index (κ2) is 6.27. The van der Waals surface area contributed by atoms with Crippen molar-refractivity contribution in [3.63, 3.8) is 0 Å². The monoisotopic (exact) mass is 300 g/mol. The number of amides is 1. The van der Waals surface area contributed by atoms with Crippen LogP contribution in [0.3, 0.4) is 0 Å². The number of aromatic nitrogens is 2. The minimum Gasteiger partial charge on any atom is -0.339 e. The third-order valence-electron chi connectivity index (χ3n) is 3.24. The summed E-state index contributed by atoms with van der Waals surface area (Å²) < 4.78 is 31.3. The largest absolute Gasteiger partial charge is 0.339 e. The van der Waals surface area contributed by atoms with Gasteiger partial charge in [-0.3, -0.25) is 9.35 Å². The van der Waals surface area contributed by atoms with Crippen molar-refractivity contribution in [1.29, 1.82) is 0 Å². The Hall–Kier alpha value is -1.54. The predicted octanol–water partition coefficient (Wildman–Crippen LogP) is -0.117. The lowest BCUT2D eigenvalue weighted by Crippen LogP contribution is -2.41. The maximum absolute atomic E-state index is 12.2. The molecule has 1 saturated heterocycles. The molecule has 8 heteroatoms. The van der Waals surface area contributed by atoms with Crippen LogP contribution in [0.25, 0.3) is 0 Å². The van der Waals surface area contributed by atoms with E-state index in [4.69, 9.17) is 4.55 Å². The molecule has 1 aromatic heterocycles. The highest BCUT2D eigenvalue weighted by Crippen LogP contribution is 2.11. The van der Waals surface area contributed by atoms with E-state index >= 15 is 0 Å². The summed E-state index contributed by atoms with van der Waals surface area (Å²) in [5, 5.41) is 3.99. The molecule has 0 bridgehead atoms. The van der Waals surface area contributed by atoms with Gasteiger partial charge in [0.05, 0.1) is 5.56 Å². The van der Waals surface area contributed by atoms with Crippen LogP contribution in [0.1, 0.15) is 29.6 Å². The third kappa shape index (κ3) is 4.24. The number of piperidine rings is 1. The highest BCUT2D eigenvalue weighted by molar-refractivity contribution is 7.85. The van der Waals surface area contributed by atoms with Gasteiger partial charge in [0.2, 0.25) is 0 Å². The molecule has 0 radical (unpaired) electrons. The molecular formula is C12H18N3O4S+. The molecule has 0 saturated carbocycles. The van der Waals surface area contributed by atoms with Crippen molar-refractivity contribution in [2.45, 2.75) is 25.8 Å². The van der Waals surface area contributed by atoms with Crippen LogP contribution in [0.2, 0.25) is 0 Å². The molecule has 1 aromatic rings. The molecular weight excluding hydrogens is 282 g/mol. The molecule has 1 aliphatic rings. The molecule has 20 heavy (non-hydrogen) atoms. The Morgan fingerprint density at radius 1 is 1.35 bits per heavy atom. The van der Waals surface area contributed by atoms with E-state index in [-0.39, 0.29) is 12.5 Å². The fourth-order valence-corrected chi connectivity index (χ4v) is 2.55. The number of rotatable bonds is 4. The maximum atomic E-state index is 12.2. The Morgan fingerprint density at radius 3 is 2.60 bits per heavy atom. The number of likely N-dealkylation sites (tertiary alicyclic amines) is 1. The zero-order valence-electron chi connectivity index (χ0n) is 11.1. The molecule has 1 aliphatic heterocycles. The average molecular weight is 300 g/mol. The van der Waals surface area contributed by atoms with Crippen LogP contribution < -0.4 is 4.68 Å². The van der Waals surface area contributed by atoms with Crippen LogP contribution in [0.5, 0.6) is 0 Å². The van der Waals surface area contributed by atoms with E-state index in [9.17, 15) is 13.2 Å². The van der Waals surface area contributed by atoms with Crippen molar-refractivity contribution < 1.29 is 22.4 Å². The van der Waals surface area contributed by atoms with Crippen molar-refractivity contribution in [1.82, 2.24) is 10.00 Å². The standard InChI is InChI=1S/C12H17N3O4S/c16-12(14-5-2-1-3-6-14)11-4-7-15(13-10-11)8-9-20(17,18)19/h4,7,10H,1-3,5-6,8-9H2/p+1. The molecule has 110 valence electrons. The smallest absolute Gasteiger partial charge is 0.271 e. The predicted molar refractivity (Wildman–Crippen MR) is 70.6 cm³/mol. The van der Waals surface area contributed by atoms with E-state index in [0.717, 1.165) is 32.4 Å². The highest BCUT2D eigenvalue weighted by atomic mass is 32.2. The number of hydrogen-bond acceptors (Lipinski definition) is 4. The van der Waals surface area contributed by atoms with Gasteiger partial charge in [-0.15, -0.1) is 0 Å². The van der Waals surface area contributed by atoms with Gasteiger partial charge in [0.25, 0.3) is 16.0 Å². The van der Waals surface area contributed by atoms with Crippen LogP contribution in [0, 0.1) is 0 Å². The van der Waals surface area contributed by atoms with Gasteiger partial charge in [0.1, 0.15) is 11.9 Å². The molecule has 1 N–H and O–H groups in total. The SMILES string of the molecule is O=C(c1cc[n+](CCS(=O)(=O)O)nc1)N1CCCCC1. The van der Waals surface area contributed by atoms with Crippen LogP contribution in [-0.2, 0) is 16.7 Å². The first-order valence-corrected chi connectivity index (χ1v) is 8.17. The minimum absolute atomic E-state index is 0.0425. The molecule has 2 rings (SSSR count). The number of carbonyl (C=O) groups is 1. The lowest BCUT2D eigenvalue weighted by Gasteiger charge is -2.26. The first kappa shape index (κ1) is 14.9. The summed E-state index contributed by atoms with van der Waals surface area (Å²) in [5.74, 6) is -0.441. The topological polar surface area (TPSA) is 91.4 Å². The van der Waals surface area contributed by atoms with Gasteiger partial charge in [-0.05, 0) is 24.4 Å². The van der Waals surface area contributed by atoms with Crippen LogP contribution in [0.15, 0.2) is 18.5 Å². The fraction of sp³-hybridized carbons (Fsp3) is 0.583. The van der Waals surface area contributed by atoms with Crippen molar-refractivity contribution in [2.24, 2.45) is 0 Å². The van der Waals surface area contributed by atoms with E-state index < -0.39 is 15.9 Å². The Labute approximate surface area is 118 Å². The second-order valence-corrected chi connectivity index (χ2v) is 6.39. The summed E-state index contributed by atoms with van der Waals surface area (Å²) in [6.07, 6.45) is 6.19. The molecule has 7 nitrogen and oxygen atoms in total. The molecule has 0 unspecified atom stereocenters. The number of hydrogen-bond donors (Lipinski definition) is 1. The first-order chi connectivity index (χ1) is 9.46. The van der Waals surface area contributed by atoms with Crippen molar-refractivity contribution >= 4 is 16.0 Å². The Morgan fingerprint density at radius 2 is 2.05 bits per heavy atom. The third-order valence-corrected chi connectivity index (χ3v) is 3.94. The van der Waals surface area contributed by atoms with Crippen LogP contribution in [-0.4, -0.2) is 47.7 Å². The number of aryl methyl sites for hydroxylation is 1. The van der Waals surface area contributed by atoms with Crippen molar-refractivity contribution in [3.8, 4) is 0 Å². The van der Waals surface area contributed by atoms with Crippen molar-refractivity contribution in [2.75, 3.05) is 18.8 Å². The number of nitrogens with zero attached hydrogens (tertiary/aromatic N) is 3. The van der Waals surface area contributed by atoms with Gasteiger partial charge in [-0.1, -0.05) is 4.68 Å². The zero-order valence-corrected chi connectivity index (χ0v) is 11.9. The van der Waals surface area contributed by atoms with Gasteiger partial charge in [0, 0.05) is 19.2 Å². The second-order valence-electron chi connectivity index (χ2n) is 4.82. The van der Waals surface area contributed by atoms with Gasteiger partial charge in [-0.2, -0.15) is 8.42 Å². The molecule has 0 aliphatic carbocycles. The summed E-state index contributed by atoms with van der Waals surface area (Å²) in [5.41, 5.74) is 0.495. The van der Waals surface area contributed by atoms with Crippen LogP contribution in [0.4, 0.5) is 0 Å². The van der Waals surface area contributed by atoms with Gasteiger partial charge in [-0.25, -0.2) is 0 Å². The highest BCUT2D eigenvalue weighted by Gasteiger charge is 2.19. The molecule has 0 spiro atoms. The zero-order chi connectivity index (χ0) is 14.6.